The molecule has 0 aliphatic heterocycles. The van der Waals surface area contributed by atoms with Crippen molar-refractivity contribution in [1.82, 2.24) is 19.9 Å². The smallest absolute Gasteiger partial charge is 0.323 e. The van der Waals surface area contributed by atoms with Gasteiger partial charge in [-0.05, 0) is 34.2 Å². The summed E-state index contributed by atoms with van der Waals surface area (Å²) in [6.45, 7) is 11.4. The van der Waals surface area contributed by atoms with E-state index in [-0.39, 0.29) is 0 Å². The van der Waals surface area contributed by atoms with Crippen molar-refractivity contribution in [1.29, 1.82) is 0 Å². The Hall–Kier alpha value is -1.63. The maximum Gasteiger partial charge on any atom is 0.323 e. The fraction of sp³-hybridized carbons (Fsp3) is 0.786. The Morgan fingerprint density at radius 3 is 2.19 bits per heavy atom. The molecule has 7 heteroatoms. The summed E-state index contributed by atoms with van der Waals surface area (Å²) in [5.74, 6) is 1.10. The molecule has 21 heavy (non-hydrogen) atoms. The summed E-state index contributed by atoms with van der Waals surface area (Å²) in [5.41, 5.74) is 0. The van der Waals surface area contributed by atoms with E-state index < -0.39 is 0 Å². The Kier molecular flexibility index (Phi) is 7.74. The molecule has 0 aliphatic rings. The van der Waals surface area contributed by atoms with Crippen LogP contribution in [0.5, 0.6) is 6.01 Å². The zero-order valence-corrected chi connectivity index (χ0v) is 13.8. The van der Waals surface area contributed by atoms with E-state index in [1.807, 2.05) is 6.92 Å². The normalized spacial score (nSPS) is 11.0. The second kappa shape index (κ2) is 9.33. The summed E-state index contributed by atoms with van der Waals surface area (Å²) in [5, 5.41) is 6.38. The van der Waals surface area contributed by atoms with Crippen molar-refractivity contribution >= 4 is 11.9 Å². The molecule has 0 saturated heterocycles. The second-order valence-electron chi connectivity index (χ2n) is 5.13. The first-order valence-corrected chi connectivity index (χ1v) is 7.63. The summed E-state index contributed by atoms with van der Waals surface area (Å²) in [6.07, 6.45) is 1.01. The summed E-state index contributed by atoms with van der Waals surface area (Å²) >= 11 is 0. The number of rotatable bonds is 10. The van der Waals surface area contributed by atoms with E-state index in [4.69, 9.17) is 4.74 Å². The number of nitrogens with zero attached hydrogens (tertiary/aromatic N) is 4. The minimum absolute atomic E-state index is 0.353. The van der Waals surface area contributed by atoms with Gasteiger partial charge in [-0.15, -0.1) is 0 Å². The van der Waals surface area contributed by atoms with E-state index in [0.29, 0.717) is 30.6 Å². The highest BCUT2D eigenvalue weighted by atomic mass is 16.5. The number of aromatic nitrogens is 3. The molecule has 0 amide bonds. The van der Waals surface area contributed by atoms with Crippen LogP contribution < -0.4 is 15.4 Å². The van der Waals surface area contributed by atoms with E-state index in [1.165, 1.54) is 0 Å². The first-order chi connectivity index (χ1) is 10.1. The van der Waals surface area contributed by atoms with Gasteiger partial charge in [-0.25, -0.2) is 0 Å². The molecule has 0 unspecified atom stereocenters. The molecule has 1 rings (SSSR count). The average Bonchev–Trinajstić information content (AvgIpc) is 2.45. The molecule has 0 spiro atoms. The molecular formula is C14H28N6O. The highest BCUT2D eigenvalue weighted by Gasteiger charge is 2.08. The van der Waals surface area contributed by atoms with Gasteiger partial charge in [0.05, 0.1) is 6.61 Å². The molecule has 0 saturated carbocycles. The van der Waals surface area contributed by atoms with E-state index in [2.05, 4.69) is 58.3 Å². The first kappa shape index (κ1) is 17.4. The van der Waals surface area contributed by atoms with Crippen LogP contribution in [0.4, 0.5) is 11.9 Å². The van der Waals surface area contributed by atoms with Gasteiger partial charge in [0.1, 0.15) is 0 Å². The molecule has 0 bridgehead atoms. The van der Waals surface area contributed by atoms with Crippen LogP contribution in [0.25, 0.3) is 0 Å². The molecule has 1 heterocycles. The molecule has 0 aliphatic carbocycles. The van der Waals surface area contributed by atoms with Crippen molar-refractivity contribution in [3.63, 3.8) is 0 Å². The Balaban J connectivity index is 2.64. The molecule has 1 aromatic heterocycles. The maximum absolute atomic E-state index is 5.38. The molecule has 120 valence electrons. The van der Waals surface area contributed by atoms with E-state index >= 15 is 0 Å². The highest BCUT2D eigenvalue weighted by molar-refractivity contribution is 5.35. The second-order valence-corrected chi connectivity index (χ2v) is 5.13. The van der Waals surface area contributed by atoms with Crippen LogP contribution in [0.15, 0.2) is 0 Å². The minimum Gasteiger partial charge on any atom is -0.464 e. The predicted molar refractivity (Wildman–Crippen MR) is 86.0 cm³/mol. The lowest BCUT2D eigenvalue weighted by molar-refractivity contribution is 0.284. The zero-order valence-electron chi connectivity index (χ0n) is 13.8. The predicted octanol–water partition coefficient (Wildman–Crippen LogP) is 1.84. The number of anilines is 2. The van der Waals surface area contributed by atoms with Crippen molar-refractivity contribution < 1.29 is 4.74 Å². The lowest BCUT2D eigenvalue weighted by atomic mass is 10.3. The van der Waals surface area contributed by atoms with Crippen molar-refractivity contribution in [3.05, 3.63) is 0 Å². The Morgan fingerprint density at radius 2 is 1.67 bits per heavy atom. The Bertz CT molecular complexity index is 412. The average molecular weight is 296 g/mol. The van der Waals surface area contributed by atoms with Gasteiger partial charge < -0.3 is 20.3 Å². The van der Waals surface area contributed by atoms with Crippen molar-refractivity contribution in [2.24, 2.45) is 0 Å². The number of ether oxygens (including phenoxy) is 1. The lowest BCUT2D eigenvalue weighted by Crippen LogP contribution is -2.31. The van der Waals surface area contributed by atoms with Gasteiger partial charge in [0, 0.05) is 25.7 Å². The number of likely N-dealkylation sites (N-methyl/N-ethyl adjacent to an activating group) is 1. The Labute approximate surface area is 127 Å². The number of hydrogen-bond donors (Lipinski definition) is 2. The fourth-order valence-electron chi connectivity index (χ4n) is 1.55. The minimum atomic E-state index is 0.353. The van der Waals surface area contributed by atoms with Crippen LogP contribution in [0.1, 0.15) is 34.1 Å². The van der Waals surface area contributed by atoms with Crippen molar-refractivity contribution in [2.75, 3.05) is 43.9 Å². The molecule has 7 nitrogen and oxygen atoms in total. The third kappa shape index (κ3) is 6.57. The quantitative estimate of drug-likeness (QED) is 0.682. The zero-order chi connectivity index (χ0) is 15.7. The third-order valence-corrected chi connectivity index (χ3v) is 3.05. The van der Waals surface area contributed by atoms with Crippen LogP contribution in [-0.4, -0.2) is 59.2 Å². The molecule has 0 fully saturated rings. The van der Waals surface area contributed by atoms with Crippen molar-refractivity contribution in [3.8, 4) is 6.01 Å². The van der Waals surface area contributed by atoms with Gasteiger partial charge in [-0.1, -0.05) is 6.92 Å². The summed E-state index contributed by atoms with van der Waals surface area (Å²) in [7, 11) is 2.10. The number of hydrogen-bond acceptors (Lipinski definition) is 7. The summed E-state index contributed by atoms with van der Waals surface area (Å²) < 4.78 is 5.38. The maximum atomic E-state index is 5.38. The van der Waals surface area contributed by atoms with Gasteiger partial charge in [0.15, 0.2) is 0 Å². The van der Waals surface area contributed by atoms with E-state index in [1.54, 1.807) is 0 Å². The SMILES string of the molecule is CCCNc1nc(NCCN(C)C(C)C)nc(OCC)n1. The molecule has 0 radical (unpaired) electrons. The van der Waals surface area contributed by atoms with Crippen LogP contribution in [0.3, 0.4) is 0 Å². The Morgan fingerprint density at radius 1 is 1.05 bits per heavy atom. The first-order valence-electron chi connectivity index (χ1n) is 7.63. The van der Waals surface area contributed by atoms with Gasteiger partial charge in [0.25, 0.3) is 0 Å². The molecule has 0 aromatic carbocycles. The standard InChI is InChI=1S/C14H28N6O/c1-6-8-15-12-17-13(19-14(18-12)21-7-2)16-9-10-20(5)11(3)4/h11H,6-10H2,1-5H3,(H2,15,16,17,18,19). The van der Waals surface area contributed by atoms with Crippen LogP contribution in [-0.2, 0) is 0 Å². The van der Waals surface area contributed by atoms with Crippen molar-refractivity contribution in [2.45, 2.75) is 40.2 Å². The lowest BCUT2D eigenvalue weighted by Gasteiger charge is -2.20. The molecular weight excluding hydrogens is 268 g/mol. The third-order valence-electron chi connectivity index (χ3n) is 3.05. The monoisotopic (exact) mass is 296 g/mol. The summed E-state index contributed by atoms with van der Waals surface area (Å²) in [6, 6.07) is 0.872. The number of nitrogens with one attached hydrogen (secondary N) is 2. The van der Waals surface area contributed by atoms with E-state index in [0.717, 1.165) is 26.1 Å². The van der Waals surface area contributed by atoms with Crippen LogP contribution >= 0.6 is 0 Å². The van der Waals surface area contributed by atoms with Gasteiger partial charge in [0.2, 0.25) is 11.9 Å². The topological polar surface area (TPSA) is 75.2 Å². The van der Waals surface area contributed by atoms with Gasteiger partial charge in [-0.3, -0.25) is 0 Å². The van der Waals surface area contributed by atoms with Gasteiger partial charge >= 0.3 is 6.01 Å². The van der Waals surface area contributed by atoms with E-state index in [9.17, 15) is 0 Å². The highest BCUT2D eigenvalue weighted by Crippen LogP contribution is 2.11. The molecule has 2 N–H and O–H groups in total. The fourth-order valence-corrected chi connectivity index (χ4v) is 1.55. The van der Waals surface area contributed by atoms with Crippen LogP contribution in [0.2, 0.25) is 0 Å². The van der Waals surface area contributed by atoms with Gasteiger partial charge in [-0.2, -0.15) is 15.0 Å². The molecule has 0 atom stereocenters. The van der Waals surface area contributed by atoms with Crippen LogP contribution in [0, 0.1) is 0 Å². The largest absolute Gasteiger partial charge is 0.464 e. The molecule has 1 aromatic rings. The summed E-state index contributed by atoms with van der Waals surface area (Å²) in [4.78, 5) is 15.1.